The number of nitrogens with one attached hydrogen (secondary N) is 1. The molecule has 0 spiro atoms. The van der Waals surface area contributed by atoms with Crippen LogP contribution in [0, 0.1) is 12.8 Å². The zero-order valence-electron chi connectivity index (χ0n) is 13.4. The summed E-state index contributed by atoms with van der Waals surface area (Å²) < 4.78 is 0. The fourth-order valence-corrected chi connectivity index (χ4v) is 2.64. The van der Waals surface area contributed by atoms with Gasteiger partial charge in [-0.25, -0.2) is 0 Å². The van der Waals surface area contributed by atoms with Crippen LogP contribution in [0.15, 0.2) is 24.3 Å². The van der Waals surface area contributed by atoms with Gasteiger partial charge in [-0.1, -0.05) is 51.5 Å². The van der Waals surface area contributed by atoms with E-state index in [1.54, 1.807) is 0 Å². The van der Waals surface area contributed by atoms with E-state index in [1.807, 2.05) is 0 Å². The fourth-order valence-electron chi connectivity index (χ4n) is 2.64. The SMILES string of the molecule is CCC(C)CC(CC)NC(C)Cc1ccccc1C. The topological polar surface area (TPSA) is 12.0 Å². The first-order valence-electron chi connectivity index (χ1n) is 7.87. The number of aryl methyl sites for hydroxylation is 1. The smallest absolute Gasteiger partial charge is 0.00818 e. The number of hydrogen-bond acceptors (Lipinski definition) is 1. The van der Waals surface area contributed by atoms with E-state index in [4.69, 9.17) is 0 Å². The fraction of sp³-hybridized carbons (Fsp3) is 0.667. The van der Waals surface area contributed by atoms with Crippen molar-refractivity contribution in [2.45, 2.75) is 72.4 Å². The summed E-state index contributed by atoms with van der Waals surface area (Å²) >= 11 is 0. The molecular weight excluding hydrogens is 230 g/mol. The summed E-state index contributed by atoms with van der Waals surface area (Å²) in [5, 5.41) is 3.81. The van der Waals surface area contributed by atoms with E-state index in [1.165, 1.54) is 30.4 Å². The molecule has 0 bridgehead atoms. The molecule has 0 aliphatic heterocycles. The van der Waals surface area contributed by atoms with Gasteiger partial charge in [-0.3, -0.25) is 0 Å². The van der Waals surface area contributed by atoms with Crippen molar-refractivity contribution in [2.24, 2.45) is 5.92 Å². The molecule has 1 heteroatoms. The van der Waals surface area contributed by atoms with Crippen molar-refractivity contribution in [2.75, 3.05) is 0 Å². The highest BCUT2D eigenvalue weighted by Crippen LogP contribution is 2.14. The molecule has 3 atom stereocenters. The van der Waals surface area contributed by atoms with Gasteiger partial charge in [0.1, 0.15) is 0 Å². The highest BCUT2D eigenvalue weighted by Gasteiger charge is 2.13. The van der Waals surface area contributed by atoms with E-state index in [9.17, 15) is 0 Å². The van der Waals surface area contributed by atoms with Gasteiger partial charge in [0, 0.05) is 12.1 Å². The third kappa shape index (κ3) is 5.78. The maximum absolute atomic E-state index is 3.81. The van der Waals surface area contributed by atoms with Crippen LogP contribution in [0.1, 0.15) is 58.1 Å². The van der Waals surface area contributed by atoms with Crippen molar-refractivity contribution in [3.05, 3.63) is 35.4 Å². The molecule has 0 aromatic heterocycles. The first-order chi connectivity index (χ1) is 9.06. The summed E-state index contributed by atoms with van der Waals surface area (Å²) in [6.07, 6.45) is 4.93. The monoisotopic (exact) mass is 261 g/mol. The number of benzene rings is 1. The van der Waals surface area contributed by atoms with Gasteiger partial charge < -0.3 is 5.32 Å². The van der Waals surface area contributed by atoms with E-state index in [-0.39, 0.29) is 0 Å². The minimum Gasteiger partial charge on any atom is -0.311 e. The number of hydrogen-bond donors (Lipinski definition) is 1. The second-order valence-electron chi connectivity index (χ2n) is 6.05. The van der Waals surface area contributed by atoms with Gasteiger partial charge >= 0.3 is 0 Å². The van der Waals surface area contributed by atoms with Crippen LogP contribution in [-0.4, -0.2) is 12.1 Å². The highest BCUT2D eigenvalue weighted by atomic mass is 14.9. The molecule has 19 heavy (non-hydrogen) atoms. The molecule has 108 valence electrons. The van der Waals surface area contributed by atoms with E-state index in [2.05, 4.69) is 64.2 Å². The van der Waals surface area contributed by atoms with Crippen LogP contribution < -0.4 is 5.32 Å². The quantitative estimate of drug-likeness (QED) is 0.713. The third-order valence-electron chi connectivity index (χ3n) is 4.18. The molecule has 0 fully saturated rings. The van der Waals surface area contributed by atoms with Crippen molar-refractivity contribution in [1.82, 2.24) is 5.32 Å². The van der Waals surface area contributed by atoms with Crippen LogP contribution in [0.4, 0.5) is 0 Å². The van der Waals surface area contributed by atoms with Crippen molar-refractivity contribution in [1.29, 1.82) is 0 Å². The second-order valence-corrected chi connectivity index (χ2v) is 6.05. The van der Waals surface area contributed by atoms with Gasteiger partial charge in [0.15, 0.2) is 0 Å². The van der Waals surface area contributed by atoms with Gasteiger partial charge in [0.2, 0.25) is 0 Å². The summed E-state index contributed by atoms with van der Waals surface area (Å²) in [5.74, 6) is 0.822. The van der Waals surface area contributed by atoms with Crippen LogP contribution in [0.2, 0.25) is 0 Å². The third-order valence-corrected chi connectivity index (χ3v) is 4.18. The lowest BCUT2D eigenvalue weighted by Gasteiger charge is -2.25. The van der Waals surface area contributed by atoms with Crippen LogP contribution in [0.5, 0.6) is 0 Å². The molecule has 0 saturated carbocycles. The van der Waals surface area contributed by atoms with Gasteiger partial charge in [0.05, 0.1) is 0 Å². The summed E-state index contributed by atoms with van der Waals surface area (Å²) in [7, 11) is 0. The first kappa shape index (κ1) is 16.2. The summed E-state index contributed by atoms with van der Waals surface area (Å²) in [6, 6.07) is 9.94. The summed E-state index contributed by atoms with van der Waals surface area (Å²) in [4.78, 5) is 0. The van der Waals surface area contributed by atoms with Gasteiger partial charge in [-0.15, -0.1) is 0 Å². The Hall–Kier alpha value is -0.820. The maximum Gasteiger partial charge on any atom is 0.00818 e. The molecule has 1 N–H and O–H groups in total. The molecular formula is C18H31N. The van der Waals surface area contributed by atoms with Crippen molar-refractivity contribution in [3.8, 4) is 0 Å². The minimum atomic E-state index is 0.551. The Morgan fingerprint density at radius 1 is 1.05 bits per heavy atom. The summed E-state index contributed by atoms with van der Waals surface area (Å²) in [5.41, 5.74) is 2.88. The average molecular weight is 261 g/mol. The molecule has 1 aromatic rings. The standard InChI is InChI=1S/C18H31N/c1-6-14(3)12-18(7-2)19-16(5)13-17-11-9-8-10-15(17)4/h8-11,14,16,18-19H,6-7,12-13H2,1-5H3. The lowest BCUT2D eigenvalue weighted by atomic mass is 9.96. The molecule has 0 aliphatic rings. The Morgan fingerprint density at radius 3 is 2.32 bits per heavy atom. The van der Waals surface area contributed by atoms with Crippen molar-refractivity contribution in [3.63, 3.8) is 0 Å². The van der Waals surface area contributed by atoms with E-state index in [0.717, 1.165) is 12.3 Å². The predicted octanol–water partition coefficient (Wildman–Crippen LogP) is 4.73. The van der Waals surface area contributed by atoms with Crippen molar-refractivity contribution >= 4 is 0 Å². The molecule has 0 amide bonds. The van der Waals surface area contributed by atoms with Crippen LogP contribution in [0.25, 0.3) is 0 Å². The summed E-state index contributed by atoms with van der Waals surface area (Å²) in [6.45, 7) is 11.5. The molecule has 0 heterocycles. The first-order valence-corrected chi connectivity index (χ1v) is 7.87. The Labute approximate surface area is 119 Å². The Kier molecular flexibility index (Phi) is 7.15. The van der Waals surface area contributed by atoms with Gasteiger partial charge in [0.25, 0.3) is 0 Å². The molecule has 0 radical (unpaired) electrons. The Bertz CT molecular complexity index is 358. The lowest BCUT2D eigenvalue weighted by molar-refractivity contribution is 0.354. The van der Waals surface area contributed by atoms with Crippen molar-refractivity contribution < 1.29 is 0 Å². The van der Waals surface area contributed by atoms with E-state index < -0.39 is 0 Å². The molecule has 1 nitrogen and oxygen atoms in total. The number of rotatable bonds is 8. The van der Waals surface area contributed by atoms with Crippen LogP contribution >= 0.6 is 0 Å². The largest absolute Gasteiger partial charge is 0.311 e. The average Bonchev–Trinajstić information content (AvgIpc) is 2.40. The molecule has 0 aliphatic carbocycles. The second kappa shape index (κ2) is 8.37. The maximum atomic E-state index is 3.81. The highest BCUT2D eigenvalue weighted by molar-refractivity contribution is 5.26. The molecule has 1 rings (SSSR count). The molecule has 0 saturated heterocycles. The van der Waals surface area contributed by atoms with Gasteiger partial charge in [-0.05, 0) is 50.2 Å². The zero-order chi connectivity index (χ0) is 14.3. The normalized spacial score (nSPS) is 16.1. The molecule has 1 aromatic carbocycles. The zero-order valence-corrected chi connectivity index (χ0v) is 13.4. The van der Waals surface area contributed by atoms with Crippen LogP contribution in [0.3, 0.4) is 0 Å². The van der Waals surface area contributed by atoms with Gasteiger partial charge in [-0.2, -0.15) is 0 Å². The molecule has 3 unspecified atom stereocenters. The van der Waals surface area contributed by atoms with E-state index in [0.29, 0.717) is 12.1 Å². The Balaban J connectivity index is 2.49. The van der Waals surface area contributed by atoms with E-state index >= 15 is 0 Å². The lowest BCUT2D eigenvalue weighted by Crippen LogP contribution is -2.38. The minimum absolute atomic E-state index is 0.551. The Morgan fingerprint density at radius 2 is 1.74 bits per heavy atom. The van der Waals surface area contributed by atoms with Crippen LogP contribution in [-0.2, 0) is 6.42 Å². The predicted molar refractivity (Wildman–Crippen MR) is 85.6 cm³/mol.